The first-order chi connectivity index (χ1) is 42.1. The first-order valence-corrected chi connectivity index (χ1v) is 34.8. The molecule has 0 bridgehead atoms. The number of rotatable bonds is 15. The number of likely N-dealkylation sites (N-methyl/N-ethyl adjacent to an activating group) is 3. The molecule has 93 heavy (non-hydrogen) atoms. The smallest absolute Gasteiger partial charge is 0.391 e. The molecule has 7 heterocycles. The summed E-state index contributed by atoms with van der Waals surface area (Å²) in [7, 11) is 2.03. The number of aliphatic hydroxyl groups is 1. The van der Waals surface area contributed by atoms with Gasteiger partial charge in [-0.25, -0.2) is 9.37 Å². The van der Waals surface area contributed by atoms with E-state index in [0.29, 0.717) is 13.1 Å². The molecule has 3 aromatic rings. The van der Waals surface area contributed by atoms with Crippen molar-refractivity contribution in [3.8, 4) is 0 Å². The topological polar surface area (TPSA) is 65.5 Å². The van der Waals surface area contributed by atoms with Crippen LogP contribution >= 0.6 is 11.6 Å². The molecule has 0 atom stereocenters. The number of benzene rings is 2. The Balaban J connectivity index is -0.00000102. The largest absolute Gasteiger partial charge is 0.393 e. The van der Waals surface area contributed by atoms with Crippen molar-refractivity contribution >= 4 is 17.4 Å². The maximum atomic E-state index is 12.7. The van der Waals surface area contributed by atoms with Gasteiger partial charge < -0.3 is 44.3 Å². The van der Waals surface area contributed by atoms with Crippen molar-refractivity contribution in [1.29, 1.82) is 0 Å². The lowest BCUT2D eigenvalue weighted by atomic mass is 9.87. The van der Waals surface area contributed by atoms with Crippen LogP contribution in [0.1, 0.15) is 188 Å². The first kappa shape index (κ1) is 94.2. The van der Waals surface area contributed by atoms with Crippen LogP contribution in [0.2, 0.25) is 5.02 Å². The third-order valence-electron chi connectivity index (χ3n) is 18.9. The average Bonchev–Trinajstić information content (AvgIpc) is 3.70. The van der Waals surface area contributed by atoms with Gasteiger partial charge in [0.1, 0.15) is 11.6 Å². The van der Waals surface area contributed by atoms with Gasteiger partial charge in [0.15, 0.2) is 0 Å². The van der Waals surface area contributed by atoms with Gasteiger partial charge in [-0.2, -0.15) is 13.2 Å². The molecule has 0 unspecified atom stereocenters. The van der Waals surface area contributed by atoms with Crippen molar-refractivity contribution in [2.24, 2.45) is 11.8 Å². The van der Waals surface area contributed by atoms with Crippen molar-refractivity contribution in [3.63, 3.8) is 0 Å². The highest BCUT2D eigenvalue weighted by Gasteiger charge is 2.40. The lowest BCUT2D eigenvalue weighted by Crippen LogP contribution is -2.46. The van der Waals surface area contributed by atoms with Crippen LogP contribution < -0.4 is 4.90 Å². The zero-order valence-corrected chi connectivity index (χ0v) is 56.7. The Kier molecular flexibility index (Phi) is 56.7. The predicted octanol–water partition coefficient (Wildman–Crippen LogP) is 16.6. The number of likely N-dealkylation sites (tertiary alicyclic amines) is 3. The summed E-state index contributed by atoms with van der Waals surface area (Å²) >= 11 is 5.87. The fourth-order valence-electron chi connectivity index (χ4n) is 12.2. The molecule has 1 saturated carbocycles. The van der Waals surface area contributed by atoms with Crippen LogP contribution in [0.25, 0.3) is 0 Å². The Bertz CT molecular complexity index is 2000. The van der Waals surface area contributed by atoms with Crippen LogP contribution in [0.5, 0.6) is 0 Å². The number of piperidine rings is 3. The minimum absolute atomic E-state index is 0. The molecule has 6 aliphatic heterocycles. The molecule has 10 rings (SSSR count). The lowest BCUT2D eigenvalue weighted by molar-refractivity contribution is -0.184. The zero-order chi connectivity index (χ0) is 63.1. The minimum Gasteiger partial charge on any atom is -0.393 e. The number of piperazine rings is 3. The van der Waals surface area contributed by atoms with E-state index >= 15 is 0 Å². The Hall–Kier alpha value is -3.00. The second-order valence-electron chi connectivity index (χ2n) is 24.9. The minimum atomic E-state index is -3.97. The van der Waals surface area contributed by atoms with Crippen molar-refractivity contribution in [3.05, 3.63) is 94.9 Å². The van der Waals surface area contributed by atoms with Crippen molar-refractivity contribution in [2.45, 2.75) is 202 Å². The van der Waals surface area contributed by atoms with Crippen LogP contribution in [0.4, 0.5) is 23.4 Å². The summed E-state index contributed by atoms with van der Waals surface area (Å²) in [5.74, 6) is 0.878. The van der Waals surface area contributed by atoms with E-state index in [9.17, 15) is 17.6 Å². The van der Waals surface area contributed by atoms with Gasteiger partial charge in [0.05, 0.1) is 12.0 Å². The number of hydrogen-bond donors (Lipinski definition) is 1. The van der Waals surface area contributed by atoms with Gasteiger partial charge >= 0.3 is 6.18 Å². The summed E-state index contributed by atoms with van der Waals surface area (Å²) in [5, 5.41) is 9.91. The zero-order valence-electron chi connectivity index (χ0n) is 55.9. The number of aromatic nitrogens is 1. The van der Waals surface area contributed by atoms with E-state index < -0.39 is 12.1 Å². The molecule has 0 spiro atoms. The molecule has 0 amide bonds. The van der Waals surface area contributed by atoms with E-state index in [0.717, 1.165) is 108 Å². The third-order valence-corrected chi connectivity index (χ3v) is 19.1. The summed E-state index contributed by atoms with van der Waals surface area (Å²) in [6.45, 7) is 46.9. The van der Waals surface area contributed by atoms with Crippen molar-refractivity contribution in [2.75, 3.05) is 182 Å². The van der Waals surface area contributed by atoms with Gasteiger partial charge in [-0.15, -0.1) is 0 Å². The Morgan fingerprint density at radius 2 is 0.817 bits per heavy atom. The molecule has 2 aromatic carbocycles. The SMILES string of the molecule is C.C.C.C.C.C.CCN(C)c1ccccn1.CCN1CCC(C(F)(F)F)CC1.CCN1CCC(O)CC1.CCN1CCCCC1.CCN1CCN(CCC2CCCCC2)CC1.CCN1CCN(Cc2ccc(Cl)cc2)CC1.CCN1CCN(Cc2ccc(F)cc2)CC1. The number of anilines is 1. The molecule has 1 aliphatic carbocycles. The second-order valence-corrected chi connectivity index (χ2v) is 25.3. The molecule has 17 heteroatoms. The summed E-state index contributed by atoms with van der Waals surface area (Å²) in [4.78, 5) is 28.4. The fraction of sp³-hybridized carbons (Fsp3) is 0.776. The average molecular weight is 1340 g/mol. The molecule has 7 aliphatic rings. The van der Waals surface area contributed by atoms with Gasteiger partial charge in [-0.3, -0.25) is 9.80 Å². The normalized spacial score (nSPS) is 19.4. The van der Waals surface area contributed by atoms with Gasteiger partial charge in [-0.05, 0) is 177 Å². The quantitative estimate of drug-likeness (QED) is 0.147. The van der Waals surface area contributed by atoms with Crippen LogP contribution in [0.3, 0.4) is 0 Å². The Morgan fingerprint density at radius 1 is 0.452 bits per heavy atom. The van der Waals surface area contributed by atoms with E-state index in [4.69, 9.17) is 16.7 Å². The summed E-state index contributed by atoms with van der Waals surface area (Å²) < 4.78 is 49.2. The first-order valence-electron chi connectivity index (χ1n) is 34.4. The molecule has 7 fully saturated rings. The van der Waals surface area contributed by atoms with E-state index in [1.54, 1.807) is 0 Å². The summed E-state index contributed by atoms with van der Waals surface area (Å²) in [6, 6.07) is 20.9. The van der Waals surface area contributed by atoms with Gasteiger partial charge in [0, 0.05) is 130 Å². The predicted molar refractivity (Wildman–Crippen MR) is 400 cm³/mol. The van der Waals surface area contributed by atoms with Crippen LogP contribution in [0, 0.1) is 17.7 Å². The molecule has 546 valence electrons. The lowest BCUT2D eigenvalue weighted by Gasteiger charge is -2.35. The highest BCUT2D eigenvalue weighted by atomic mass is 35.5. The molecule has 6 saturated heterocycles. The highest BCUT2D eigenvalue weighted by Crippen LogP contribution is 2.34. The van der Waals surface area contributed by atoms with Crippen LogP contribution in [0.15, 0.2) is 72.9 Å². The number of halogens is 5. The van der Waals surface area contributed by atoms with Gasteiger partial charge in [0.25, 0.3) is 0 Å². The van der Waals surface area contributed by atoms with Crippen LogP contribution in [-0.4, -0.2) is 244 Å². The Morgan fingerprint density at radius 3 is 1.19 bits per heavy atom. The van der Waals surface area contributed by atoms with E-state index in [1.807, 2.05) is 62.6 Å². The number of nitrogens with zero attached hydrogens (tertiary/aromatic N) is 11. The maximum absolute atomic E-state index is 12.7. The number of aliphatic hydroxyl groups excluding tert-OH is 1. The number of alkyl halides is 3. The second kappa shape index (κ2) is 55.9. The number of hydrogen-bond acceptors (Lipinski definition) is 12. The highest BCUT2D eigenvalue weighted by molar-refractivity contribution is 6.30. The molecular weight excluding hydrogens is 1190 g/mol. The van der Waals surface area contributed by atoms with Gasteiger partial charge in [0.2, 0.25) is 0 Å². The standard InChI is InChI=1S/C14H28N2.C13H19ClN2.C13H19FN2.C8H14F3N.C8H12N2.C7H15NO.C7H15N.6CH4/c1-2-15-10-12-16(13-11-15)9-8-14-6-4-3-5-7-14;2*1-2-15-7-9-16(10-8-15)11-12-3-5-13(14)6-4-12;1-2-12-5-3-7(4-6-12)8(9,10)11;1-3-10(2)8-6-4-5-7-9-8;1-2-8-5-3-7(9)4-6-8;1-2-8-6-4-3-5-7-8;;;;;;/h14H,2-13H2,1H3;2*3-6H,2,7-11H2,1H3;7H,2-6H2,1H3;4-7H,3H2,1-2H3;7,9H,2-6H2,1H3;2-7H2,1H3;6*1H4. The molecule has 1 aromatic heterocycles. The third kappa shape index (κ3) is 41.1. The van der Waals surface area contributed by atoms with E-state index in [2.05, 4.69) is 108 Å². The Labute approximate surface area is 577 Å². The van der Waals surface area contributed by atoms with Crippen LogP contribution in [-0.2, 0) is 13.1 Å². The molecular formula is C76H146ClF4N11O. The fourth-order valence-corrected chi connectivity index (χ4v) is 12.3. The monoisotopic (exact) mass is 1340 g/mol. The van der Waals surface area contributed by atoms with Crippen molar-refractivity contribution < 1.29 is 22.7 Å². The van der Waals surface area contributed by atoms with E-state index in [-0.39, 0.29) is 69.3 Å². The van der Waals surface area contributed by atoms with E-state index in [1.165, 1.54) is 173 Å². The molecule has 0 radical (unpaired) electrons. The van der Waals surface area contributed by atoms with Gasteiger partial charge in [-0.1, -0.05) is 167 Å². The maximum Gasteiger partial charge on any atom is 0.391 e. The van der Waals surface area contributed by atoms with Crippen molar-refractivity contribution in [1.82, 2.24) is 49.1 Å². The number of pyridine rings is 1. The summed E-state index contributed by atoms with van der Waals surface area (Å²) in [5.41, 5.74) is 2.56. The molecule has 1 N–H and O–H groups in total. The molecule has 12 nitrogen and oxygen atoms in total. The summed E-state index contributed by atoms with van der Waals surface area (Å²) in [6.07, 6.45) is 13.6.